The van der Waals surface area contributed by atoms with Gasteiger partial charge >= 0.3 is 0 Å². The Morgan fingerprint density at radius 3 is 2.87 bits per heavy atom. The van der Waals surface area contributed by atoms with Gasteiger partial charge in [-0.2, -0.15) is 0 Å². The second kappa shape index (κ2) is 6.69. The van der Waals surface area contributed by atoms with Crippen LogP contribution < -0.4 is 5.32 Å². The maximum absolute atomic E-state index is 14.1. The van der Waals surface area contributed by atoms with Gasteiger partial charge in [0, 0.05) is 22.8 Å². The van der Waals surface area contributed by atoms with Gasteiger partial charge in [-0.25, -0.2) is 4.39 Å². The van der Waals surface area contributed by atoms with Crippen LogP contribution in [0.5, 0.6) is 0 Å². The molecule has 0 aliphatic carbocycles. The van der Waals surface area contributed by atoms with Crippen LogP contribution in [-0.2, 0) is 17.8 Å². The first-order valence-corrected chi connectivity index (χ1v) is 8.59. The van der Waals surface area contributed by atoms with Crippen LogP contribution in [0, 0.1) is 5.82 Å². The standard InChI is InChI=1S/C15H14FN3O2S2/c1-3-11-18-19-15(23-11)17-14(20)13-8(7-21-2)12-9(16)5-4-6-10(12)22-13/h4-6H,3,7H2,1-2H3,(H,17,19,20). The van der Waals surface area contributed by atoms with E-state index in [-0.39, 0.29) is 18.3 Å². The molecule has 3 aromatic rings. The van der Waals surface area contributed by atoms with E-state index in [4.69, 9.17) is 4.74 Å². The van der Waals surface area contributed by atoms with Crippen LogP contribution in [0.15, 0.2) is 18.2 Å². The molecule has 0 fully saturated rings. The van der Waals surface area contributed by atoms with Gasteiger partial charge in [0.25, 0.3) is 5.91 Å². The van der Waals surface area contributed by atoms with E-state index < -0.39 is 0 Å². The number of amides is 1. The molecular formula is C15H14FN3O2S2. The number of ether oxygens (including phenoxy) is 1. The maximum atomic E-state index is 14.1. The van der Waals surface area contributed by atoms with E-state index in [1.54, 1.807) is 12.1 Å². The first kappa shape index (κ1) is 16.0. The lowest BCUT2D eigenvalue weighted by atomic mass is 10.1. The van der Waals surface area contributed by atoms with Crippen LogP contribution in [0.3, 0.4) is 0 Å². The Morgan fingerprint density at radius 2 is 2.17 bits per heavy atom. The lowest BCUT2D eigenvalue weighted by Gasteiger charge is -2.03. The molecule has 0 aliphatic rings. The van der Waals surface area contributed by atoms with Crippen molar-refractivity contribution in [2.24, 2.45) is 0 Å². The molecule has 0 saturated heterocycles. The Labute approximate surface area is 140 Å². The average molecular weight is 351 g/mol. The molecule has 5 nitrogen and oxygen atoms in total. The van der Waals surface area contributed by atoms with Crippen LogP contribution in [0.2, 0.25) is 0 Å². The molecule has 8 heteroatoms. The third-order valence-corrected chi connectivity index (χ3v) is 5.43. The Bertz CT molecular complexity index is 860. The third kappa shape index (κ3) is 3.10. The highest BCUT2D eigenvalue weighted by Gasteiger charge is 2.21. The molecule has 0 unspecified atom stereocenters. The van der Waals surface area contributed by atoms with Crippen molar-refractivity contribution in [2.45, 2.75) is 20.0 Å². The van der Waals surface area contributed by atoms with Crippen molar-refractivity contribution in [3.63, 3.8) is 0 Å². The molecule has 1 amide bonds. The number of nitrogens with zero attached hydrogens (tertiary/aromatic N) is 2. The van der Waals surface area contributed by atoms with Crippen LogP contribution in [0.25, 0.3) is 10.1 Å². The molecule has 120 valence electrons. The predicted octanol–water partition coefficient (Wildman–Crippen LogP) is 3.85. The van der Waals surface area contributed by atoms with Gasteiger partial charge in [0.1, 0.15) is 10.8 Å². The molecule has 0 bridgehead atoms. The summed E-state index contributed by atoms with van der Waals surface area (Å²) in [6, 6.07) is 4.80. The second-order valence-electron chi connectivity index (χ2n) is 4.76. The number of rotatable bonds is 5. The van der Waals surface area contributed by atoms with E-state index in [1.165, 1.54) is 35.8 Å². The first-order chi connectivity index (χ1) is 11.1. The molecule has 23 heavy (non-hydrogen) atoms. The van der Waals surface area contributed by atoms with Gasteiger partial charge in [-0.1, -0.05) is 24.3 Å². The lowest BCUT2D eigenvalue weighted by Crippen LogP contribution is -2.12. The van der Waals surface area contributed by atoms with Crippen molar-refractivity contribution in [3.05, 3.63) is 39.5 Å². The van der Waals surface area contributed by atoms with Crippen LogP contribution >= 0.6 is 22.7 Å². The summed E-state index contributed by atoms with van der Waals surface area (Å²) in [4.78, 5) is 13.0. The van der Waals surface area contributed by atoms with Gasteiger partial charge in [-0.3, -0.25) is 10.1 Å². The van der Waals surface area contributed by atoms with E-state index >= 15 is 0 Å². The Morgan fingerprint density at radius 1 is 1.35 bits per heavy atom. The largest absolute Gasteiger partial charge is 0.380 e. The van der Waals surface area contributed by atoms with Crippen LogP contribution in [0.1, 0.15) is 27.2 Å². The number of carbonyl (C=O) groups excluding carboxylic acids is 1. The fraction of sp³-hybridized carbons (Fsp3) is 0.267. The van der Waals surface area contributed by atoms with E-state index in [2.05, 4.69) is 15.5 Å². The minimum atomic E-state index is -0.353. The third-order valence-electron chi connectivity index (χ3n) is 3.25. The summed E-state index contributed by atoms with van der Waals surface area (Å²) >= 11 is 2.57. The summed E-state index contributed by atoms with van der Waals surface area (Å²) < 4.78 is 20.0. The highest BCUT2D eigenvalue weighted by Crippen LogP contribution is 2.34. The number of aryl methyl sites for hydroxylation is 1. The first-order valence-electron chi connectivity index (χ1n) is 6.96. The van der Waals surface area contributed by atoms with Crippen molar-refractivity contribution in [2.75, 3.05) is 12.4 Å². The molecule has 2 aromatic heterocycles. The quantitative estimate of drug-likeness (QED) is 0.758. The summed E-state index contributed by atoms with van der Waals surface area (Å²) in [5.41, 5.74) is 0.559. The Balaban J connectivity index is 1.99. The number of fused-ring (bicyclic) bond motifs is 1. The molecule has 1 aromatic carbocycles. The van der Waals surface area contributed by atoms with Crippen molar-refractivity contribution < 1.29 is 13.9 Å². The van der Waals surface area contributed by atoms with Crippen LogP contribution in [-0.4, -0.2) is 23.2 Å². The van der Waals surface area contributed by atoms with Crippen molar-refractivity contribution in [1.29, 1.82) is 0 Å². The van der Waals surface area contributed by atoms with Gasteiger partial charge < -0.3 is 4.74 Å². The number of thiophene rings is 1. The number of halogens is 1. The highest BCUT2D eigenvalue weighted by molar-refractivity contribution is 7.21. The van der Waals surface area contributed by atoms with Crippen molar-refractivity contribution >= 4 is 43.8 Å². The van der Waals surface area contributed by atoms with Crippen LogP contribution in [0.4, 0.5) is 9.52 Å². The zero-order valence-electron chi connectivity index (χ0n) is 12.6. The van der Waals surface area contributed by atoms with Gasteiger partial charge in [-0.05, 0) is 18.6 Å². The van der Waals surface area contributed by atoms with Gasteiger partial charge in [-0.15, -0.1) is 21.5 Å². The summed E-state index contributed by atoms with van der Waals surface area (Å²) in [6.07, 6.45) is 0.760. The summed E-state index contributed by atoms with van der Waals surface area (Å²) in [7, 11) is 1.52. The number of benzene rings is 1. The van der Waals surface area contributed by atoms with Gasteiger partial charge in [0.15, 0.2) is 0 Å². The highest BCUT2D eigenvalue weighted by atomic mass is 32.1. The molecule has 2 heterocycles. The predicted molar refractivity (Wildman–Crippen MR) is 89.7 cm³/mol. The maximum Gasteiger partial charge on any atom is 0.267 e. The second-order valence-corrected chi connectivity index (χ2v) is 6.88. The number of hydrogen-bond donors (Lipinski definition) is 1. The average Bonchev–Trinajstić information content (AvgIpc) is 3.13. The zero-order chi connectivity index (χ0) is 16.4. The van der Waals surface area contributed by atoms with E-state index in [1.807, 2.05) is 6.92 Å². The zero-order valence-corrected chi connectivity index (χ0v) is 14.2. The Hall–Kier alpha value is -1.90. The van der Waals surface area contributed by atoms with E-state index in [0.29, 0.717) is 25.7 Å². The number of methoxy groups -OCH3 is 1. The SMILES string of the molecule is CCc1nnc(NC(=O)c2sc3cccc(F)c3c2COC)s1. The molecule has 0 spiro atoms. The smallest absolute Gasteiger partial charge is 0.267 e. The minimum Gasteiger partial charge on any atom is -0.380 e. The Kier molecular flexibility index (Phi) is 4.65. The summed E-state index contributed by atoms with van der Waals surface area (Å²) in [5.74, 6) is -0.675. The molecule has 1 N–H and O–H groups in total. The normalized spacial score (nSPS) is 11.1. The number of nitrogens with one attached hydrogen (secondary N) is 1. The summed E-state index contributed by atoms with van der Waals surface area (Å²) in [6.45, 7) is 2.14. The fourth-order valence-corrected chi connectivity index (χ4v) is 4.03. The molecule has 0 aliphatic heterocycles. The number of anilines is 1. The minimum absolute atomic E-state index is 0.167. The topological polar surface area (TPSA) is 64.1 Å². The molecule has 0 saturated carbocycles. The van der Waals surface area contributed by atoms with Gasteiger partial charge in [0.05, 0.1) is 11.5 Å². The fourth-order valence-electron chi connectivity index (χ4n) is 2.23. The van der Waals surface area contributed by atoms with Crippen molar-refractivity contribution in [1.82, 2.24) is 10.2 Å². The molecular weight excluding hydrogens is 337 g/mol. The number of hydrogen-bond acceptors (Lipinski definition) is 6. The molecule has 0 radical (unpaired) electrons. The van der Waals surface area contributed by atoms with E-state index in [0.717, 1.165) is 11.4 Å². The lowest BCUT2D eigenvalue weighted by molar-refractivity contribution is 0.102. The van der Waals surface area contributed by atoms with E-state index in [9.17, 15) is 9.18 Å². The number of carbonyl (C=O) groups is 1. The van der Waals surface area contributed by atoms with Crippen molar-refractivity contribution in [3.8, 4) is 0 Å². The molecule has 3 rings (SSSR count). The van der Waals surface area contributed by atoms with Gasteiger partial charge in [0.2, 0.25) is 5.13 Å². The number of aromatic nitrogens is 2. The summed E-state index contributed by atoms with van der Waals surface area (Å²) in [5, 5.41) is 12.4. The molecule has 0 atom stereocenters. The monoisotopic (exact) mass is 351 g/mol.